The van der Waals surface area contributed by atoms with Gasteiger partial charge in [-0.3, -0.25) is 4.55 Å². The highest BCUT2D eigenvalue weighted by molar-refractivity contribution is 7.87. The van der Waals surface area contributed by atoms with Crippen LogP contribution in [0.3, 0.4) is 0 Å². The number of hydrogen-bond donors (Lipinski definition) is 2. The molecule has 212 valence electrons. The van der Waals surface area contributed by atoms with E-state index in [1.807, 2.05) is 0 Å². The van der Waals surface area contributed by atoms with E-state index in [2.05, 4.69) is 6.58 Å². The number of rotatable bonds is 11. The summed E-state index contributed by atoms with van der Waals surface area (Å²) in [7, 11) is -7.74. The molecule has 0 amide bonds. The molecule has 1 unspecified atom stereocenters. The second kappa shape index (κ2) is 10.9. The van der Waals surface area contributed by atoms with Gasteiger partial charge < -0.3 is 5.73 Å². The fourth-order valence-electron chi connectivity index (χ4n) is 1.81. The minimum absolute atomic E-state index is 0.583. The highest BCUT2D eigenvalue weighted by Gasteiger charge is 2.92. The molecule has 0 aromatic carbocycles. The van der Waals surface area contributed by atoms with E-state index in [0.29, 0.717) is 6.54 Å². The highest BCUT2D eigenvalue weighted by Crippen LogP contribution is 2.61. The monoisotopic (exact) mass is 581 g/mol. The van der Waals surface area contributed by atoms with Crippen molar-refractivity contribution in [1.82, 2.24) is 0 Å². The maximum atomic E-state index is 13.4. The van der Waals surface area contributed by atoms with Gasteiger partial charge >= 0.3 is 51.2 Å². The van der Waals surface area contributed by atoms with Crippen molar-refractivity contribution in [3.63, 3.8) is 0 Å². The molecule has 0 rings (SSSR count). The normalized spacial score (nSPS) is 15.8. The Bertz CT molecular complexity index is 809. The summed E-state index contributed by atoms with van der Waals surface area (Å²) in [6, 6.07) is 0. The third-order valence-electron chi connectivity index (χ3n) is 3.77. The second-order valence-electron chi connectivity index (χ2n) is 6.41. The number of nitrogens with two attached hydrogens (primary N) is 1. The lowest BCUT2D eigenvalue weighted by Gasteiger charge is -2.41. The Hall–Kier alpha value is -1.51. The van der Waals surface area contributed by atoms with Crippen molar-refractivity contribution in [3.8, 4) is 0 Å². The Balaban J connectivity index is 0. The number of halogens is 16. The summed E-state index contributed by atoms with van der Waals surface area (Å²) in [5, 5.41) is -7.64. The van der Waals surface area contributed by atoms with Gasteiger partial charge in [-0.2, -0.15) is 74.3 Å². The molecule has 0 spiro atoms. The first-order chi connectivity index (χ1) is 15.0. The summed E-state index contributed by atoms with van der Waals surface area (Å²) in [6.07, 6.45) is -14.6. The fraction of sp³-hybridized carbons (Fsp3) is 0.857. The topological polar surface area (TPSA) is 80.4 Å². The molecule has 4 nitrogen and oxygen atoms in total. The largest absolute Gasteiger partial charge is 0.438 e. The van der Waals surface area contributed by atoms with E-state index in [4.69, 9.17) is 10.3 Å². The first-order valence-corrected chi connectivity index (χ1v) is 9.74. The molecule has 0 aromatic heterocycles. The van der Waals surface area contributed by atoms with Crippen LogP contribution in [0.5, 0.6) is 0 Å². The van der Waals surface area contributed by atoms with Gasteiger partial charge in [0.2, 0.25) is 0 Å². The van der Waals surface area contributed by atoms with Crippen molar-refractivity contribution < 1.29 is 83.2 Å². The van der Waals surface area contributed by atoms with Crippen molar-refractivity contribution in [1.29, 1.82) is 0 Å². The summed E-state index contributed by atoms with van der Waals surface area (Å²) in [5.74, 6) is -40.0. The SMILES string of the molecule is C=CCN.O=S(=O)(O)C(F)(F)C(F)(F)C(F)(F)C(F)(F)C(F)(F)C(F)(F)C(F)CCCC(F)(F)F. The van der Waals surface area contributed by atoms with E-state index in [1.54, 1.807) is 6.08 Å². The zero-order valence-corrected chi connectivity index (χ0v) is 17.3. The van der Waals surface area contributed by atoms with Crippen LogP contribution >= 0.6 is 0 Å². The number of alkyl halides is 16. The average Bonchev–Trinajstić information content (AvgIpc) is 2.65. The lowest BCUT2D eigenvalue weighted by Crippen LogP contribution is -2.72. The molecule has 0 aliphatic carbocycles. The van der Waals surface area contributed by atoms with Crippen LogP contribution in [-0.4, -0.2) is 66.7 Å². The van der Waals surface area contributed by atoms with E-state index in [-0.39, 0.29) is 0 Å². The molecule has 21 heteroatoms. The summed E-state index contributed by atoms with van der Waals surface area (Å²) < 4.78 is 235. The molecule has 1 atom stereocenters. The summed E-state index contributed by atoms with van der Waals surface area (Å²) >= 11 is 0. The summed E-state index contributed by atoms with van der Waals surface area (Å²) in [6.45, 7) is 3.94. The highest BCUT2D eigenvalue weighted by atomic mass is 32.2. The van der Waals surface area contributed by atoms with Gasteiger partial charge in [-0.15, -0.1) is 6.58 Å². The van der Waals surface area contributed by atoms with Gasteiger partial charge in [0.25, 0.3) is 0 Å². The van der Waals surface area contributed by atoms with Gasteiger partial charge in [0.15, 0.2) is 6.17 Å². The van der Waals surface area contributed by atoms with Gasteiger partial charge in [-0.1, -0.05) is 6.08 Å². The Kier molecular flexibility index (Phi) is 11.1. The van der Waals surface area contributed by atoms with E-state index in [1.165, 1.54) is 0 Å². The Morgan fingerprint density at radius 1 is 0.771 bits per heavy atom. The van der Waals surface area contributed by atoms with Crippen LogP contribution in [0.4, 0.5) is 70.2 Å². The first-order valence-electron chi connectivity index (χ1n) is 8.30. The van der Waals surface area contributed by atoms with Crippen molar-refractivity contribution >= 4 is 10.1 Å². The van der Waals surface area contributed by atoms with Gasteiger partial charge in [0.1, 0.15) is 0 Å². The van der Waals surface area contributed by atoms with E-state index >= 15 is 0 Å². The van der Waals surface area contributed by atoms with Crippen LogP contribution in [0.2, 0.25) is 0 Å². The van der Waals surface area contributed by atoms with E-state index in [9.17, 15) is 78.7 Å². The minimum Gasteiger partial charge on any atom is -0.327 e. The Morgan fingerprint density at radius 2 is 1.11 bits per heavy atom. The number of hydrogen-bond acceptors (Lipinski definition) is 3. The smallest absolute Gasteiger partial charge is 0.327 e. The van der Waals surface area contributed by atoms with E-state index < -0.39 is 76.6 Å². The van der Waals surface area contributed by atoms with Gasteiger partial charge in [-0.05, 0) is 12.8 Å². The second-order valence-corrected chi connectivity index (χ2v) is 7.87. The predicted molar refractivity (Wildman–Crippen MR) is 85.3 cm³/mol. The molecule has 0 bridgehead atoms. The van der Waals surface area contributed by atoms with Crippen LogP contribution in [0.1, 0.15) is 19.3 Å². The lowest BCUT2D eigenvalue weighted by molar-refractivity contribution is -0.421. The quantitative estimate of drug-likeness (QED) is 0.183. The molecule has 0 aliphatic heterocycles. The molecular formula is C14H15F16NO3S. The molecule has 0 saturated heterocycles. The van der Waals surface area contributed by atoms with Crippen molar-refractivity contribution in [3.05, 3.63) is 12.7 Å². The maximum absolute atomic E-state index is 13.4. The van der Waals surface area contributed by atoms with Crippen LogP contribution < -0.4 is 5.73 Å². The zero-order chi connectivity index (χ0) is 29.1. The van der Waals surface area contributed by atoms with Crippen LogP contribution in [-0.2, 0) is 10.1 Å². The Morgan fingerprint density at radius 3 is 1.40 bits per heavy atom. The van der Waals surface area contributed by atoms with Gasteiger partial charge in [0.05, 0.1) is 0 Å². The minimum atomic E-state index is -8.39. The lowest BCUT2D eigenvalue weighted by atomic mass is 9.91. The molecule has 0 aromatic rings. The summed E-state index contributed by atoms with van der Waals surface area (Å²) in [4.78, 5) is 0. The molecule has 0 saturated carbocycles. The van der Waals surface area contributed by atoms with Crippen LogP contribution in [0.25, 0.3) is 0 Å². The third-order valence-corrected chi connectivity index (χ3v) is 4.67. The summed E-state index contributed by atoms with van der Waals surface area (Å²) in [5.41, 5.74) is 4.91. The van der Waals surface area contributed by atoms with Crippen molar-refractivity contribution in [2.45, 2.75) is 66.5 Å². The molecule has 0 heterocycles. The van der Waals surface area contributed by atoms with E-state index in [0.717, 1.165) is 0 Å². The fourth-order valence-corrected chi connectivity index (χ4v) is 2.26. The molecule has 0 fully saturated rings. The molecular weight excluding hydrogens is 566 g/mol. The van der Waals surface area contributed by atoms with Crippen molar-refractivity contribution in [2.24, 2.45) is 5.73 Å². The molecule has 35 heavy (non-hydrogen) atoms. The molecule has 0 radical (unpaired) electrons. The van der Waals surface area contributed by atoms with Crippen LogP contribution in [0, 0.1) is 0 Å². The Labute approximate surface area is 185 Å². The molecule has 3 N–H and O–H groups in total. The van der Waals surface area contributed by atoms with Gasteiger partial charge in [-0.25, -0.2) is 4.39 Å². The standard InChI is InChI=1S/C11H8F16O3S.C3H7N/c12-4(2-1-3-5(13,14)15)6(16,17)7(18,19)8(20,21)9(22,23)10(24,25)11(26,27)31(28,29)30;1-2-3-4/h4H,1-3H2,(H,28,29,30);2H,1,3-4H2. The first kappa shape index (κ1) is 35.7. The zero-order valence-electron chi connectivity index (χ0n) is 16.5. The third kappa shape index (κ3) is 6.83. The van der Waals surface area contributed by atoms with Crippen molar-refractivity contribution in [2.75, 3.05) is 6.54 Å². The average molecular weight is 581 g/mol. The van der Waals surface area contributed by atoms with Crippen LogP contribution in [0.15, 0.2) is 12.7 Å². The molecule has 0 aliphatic rings. The predicted octanol–water partition coefficient (Wildman–Crippen LogP) is 5.85. The maximum Gasteiger partial charge on any atom is 0.438 e. The van der Waals surface area contributed by atoms with Gasteiger partial charge in [0, 0.05) is 13.0 Å².